The predicted octanol–water partition coefficient (Wildman–Crippen LogP) is 5.20. The molecule has 1 atom stereocenters. The predicted molar refractivity (Wildman–Crippen MR) is 123 cm³/mol. The first-order chi connectivity index (χ1) is 14.5. The number of para-hydroxylation sites is 1. The van der Waals surface area contributed by atoms with Gasteiger partial charge in [-0.15, -0.1) is 11.3 Å². The van der Waals surface area contributed by atoms with Crippen molar-refractivity contribution in [3.63, 3.8) is 0 Å². The lowest BCUT2D eigenvalue weighted by Crippen LogP contribution is -2.31. The van der Waals surface area contributed by atoms with Crippen LogP contribution in [0.5, 0.6) is 0 Å². The minimum absolute atomic E-state index is 0.205. The van der Waals surface area contributed by atoms with Crippen LogP contribution in [0.1, 0.15) is 31.0 Å². The summed E-state index contributed by atoms with van der Waals surface area (Å²) in [5, 5.41) is 5.43. The third kappa shape index (κ3) is 3.66. The van der Waals surface area contributed by atoms with E-state index in [0.29, 0.717) is 10.2 Å². The molecule has 0 aliphatic heterocycles. The largest absolute Gasteiger partial charge is 0.324 e. The number of carbonyl (C=O) groups excluding carboxylic acids is 1. The zero-order valence-corrected chi connectivity index (χ0v) is 18.0. The van der Waals surface area contributed by atoms with Gasteiger partial charge in [-0.1, -0.05) is 49.4 Å². The molecule has 2 heterocycles. The molecule has 6 heteroatoms. The molecule has 1 N–H and O–H groups in total. The van der Waals surface area contributed by atoms with Gasteiger partial charge < -0.3 is 5.32 Å². The van der Waals surface area contributed by atoms with E-state index in [1.807, 2.05) is 48.7 Å². The molecule has 0 radical (unpaired) electrons. The molecule has 4 rings (SSSR count). The first kappa shape index (κ1) is 20.0. The van der Waals surface area contributed by atoms with Crippen LogP contribution >= 0.6 is 11.3 Å². The highest BCUT2D eigenvalue weighted by Crippen LogP contribution is 2.31. The average Bonchev–Trinajstić information content (AvgIpc) is 3.20. The van der Waals surface area contributed by atoms with Gasteiger partial charge in [0.25, 0.3) is 5.56 Å². The van der Waals surface area contributed by atoms with Gasteiger partial charge >= 0.3 is 0 Å². The van der Waals surface area contributed by atoms with Gasteiger partial charge in [0.1, 0.15) is 10.9 Å². The van der Waals surface area contributed by atoms with Crippen molar-refractivity contribution in [2.24, 2.45) is 0 Å². The van der Waals surface area contributed by atoms with Gasteiger partial charge in [-0.2, -0.15) is 0 Å². The van der Waals surface area contributed by atoms with Crippen LogP contribution in [0.3, 0.4) is 0 Å². The van der Waals surface area contributed by atoms with Crippen LogP contribution in [0, 0.1) is 6.92 Å². The molecule has 5 nitrogen and oxygen atoms in total. The maximum Gasteiger partial charge on any atom is 0.263 e. The number of hydrogen-bond acceptors (Lipinski definition) is 4. The van der Waals surface area contributed by atoms with Crippen molar-refractivity contribution in [2.75, 3.05) is 5.32 Å². The van der Waals surface area contributed by atoms with Gasteiger partial charge in [0.05, 0.1) is 11.7 Å². The molecule has 4 aromatic rings. The lowest BCUT2D eigenvalue weighted by molar-refractivity contribution is -0.118. The monoisotopic (exact) mass is 417 g/mol. The number of rotatable bonds is 5. The molecule has 0 bridgehead atoms. The number of nitrogens with zero attached hydrogens (tertiary/aromatic N) is 2. The smallest absolute Gasteiger partial charge is 0.263 e. The Balaban J connectivity index is 1.71. The van der Waals surface area contributed by atoms with Gasteiger partial charge in [0.15, 0.2) is 0 Å². The number of benzene rings is 2. The number of carbonyl (C=O) groups is 1. The van der Waals surface area contributed by atoms with Gasteiger partial charge in [-0.05, 0) is 43.0 Å². The molecule has 1 unspecified atom stereocenters. The summed E-state index contributed by atoms with van der Waals surface area (Å²) in [6.07, 6.45) is 2.43. The minimum Gasteiger partial charge on any atom is -0.324 e. The zero-order chi connectivity index (χ0) is 21.3. The number of aromatic nitrogens is 2. The molecule has 152 valence electrons. The third-order valence-corrected chi connectivity index (χ3v) is 6.28. The molecule has 1 amide bonds. The van der Waals surface area contributed by atoms with Crippen molar-refractivity contribution in [1.82, 2.24) is 9.55 Å². The maximum absolute atomic E-state index is 13.3. The van der Waals surface area contributed by atoms with Crippen LogP contribution in [0.2, 0.25) is 0 Å². The maximum atomic E-state index is 13.3. The standard InChI is InChI=1S/C24H23N3O2S/c1-4-17-9-11-18(12-10-17)19-13-30-23-21(19)24(29)27(14-25-23)16(3)22(28)26-20-8-6-5-7-15(20)2/h5-14,16H,4H2,1-3H3,(H,26,28). The van der Waals surface area contributed by atoms with E-state index in [1.165, 1.54) is 27.8 Å². The van der Waals surface area contributed by atoms with E-state index in [1.54, 1.807) is 6.92 Å². The highest BCUT2D eigenvalue weighted by molar-refractivity contribution is 7.17. The number of anilines is 1. The Morgan fingerprint density at radius 1 is 1.17 bits per heavy atom. The van der Waals surface area contributed by atoms with Gasteiger partial charge in [0.2, 0.25) is 5.91 Å². The van der Waals surface area contributed by atoms with E-state index in [9.17, 15) is 9.59 Å². The first-order valence-electron chi connectivity index (χ1n) is 9.93. The Labute approximate surface area is 179 Å². The summed E-state index contributed by atoms with van der Waals surface area (Å²) in [7, 11) is 0. The average molecular weight is 418 g/mol. The number of thiophene rings is 1. The van der Waals surface area contributed by atoms with Crippen molar-refractivity contribution >= 4 is 33.1 Å². The summed E-state index contributed by atoms with van der Waals surface area (Å²) in [5.41, 5.74) is 4.58. The molecule has 0 aliphatic carbocycles. The van der Waals surface area contributed by atoms with Gasteiger partial charge in [-0.25, -0.2) is 4.98 Å². The highest BCUT2D eigenvalue weighted by atomic mass is 32.1. The Kier molecular flexibility index (Phi) is 5.50. The molecule has 2 aromatic carbocycles. The second-order valence-electron chi connectivity index (χ2n) is 7.32. The summed E-state index contributed by atoms with van der Waals surface area (Å²) in [4.78, 5) is 31.3. The van der Waals surface area contributed by atoms with Crippen LogP contribution in [-0.2, 0) is 11.2 Å². The summed E-state index contributed by atoms with van der Waals surface area (Å²) in [6.45, 7) is 5.76. The summed E-state index contributed by atoms with van der Waals surface area (Å²) >= 11 is 1.44. The molecular weight excluding hydrogens is 394 g/mol. The van der Waals surface area contributed by atoms with E-state index in [2.05, 4.69) is 29.4 Å². The minimum atomic E-state index is -0.691. The second-order valence-corrected chi connectivity index (χ2v) is 8.18. The Morgan fingerprint density at radius 2 is 1.90 bits per heavy atom. The van der Waals surface area contributed by atoms with Gasteiger partial charge in [0, 0.05) is 16.6 Å². The van der Waals surface area contributed by atoms with Crippen LogP contribution in [0.25, 0.3) is 21.3 Å². The molecule has 2 aromatic heterocycles. The SMILES string of the molecule is CCc1ccc(-c2csc3ncn(C(C)C(=O)Nc4ccccc4C)c(=O)c23)cc1. The first-order valence-corrected chi connectivity index (χ1v) is 10.8. The normalized spacial score (nSPS) is 12.1. The molecule has 0 saturated heterocycles. The highest BCUT2D eigenvalue weighted by Gasteiger charge is 2.20. The topological polar surface area (TPSA) is 64.0 Å². The van der Waals surface area contributed by atoms with Crippen LogP contribution in [0.15, 0.2) is 65.0 Å². The zero-order valence-electron chi connectivity index (χ0n) is 17.2. The van der Waals surface area contributed by atoms with Crippen molar-refractivity contribution in [3.05, 3.63) is 81.7 Å². The molecular formula is C24H23N3O2S. The fraction of sp³-hybridized carbons (Fsp3) is 0.208. The van der Waals surface area contributed by atoms with Crippen molar-refractivity contribution in [3.8, 4) is 11.1 Å². The number of amides is 1. The Hall–Kier alpha value is -3.25. The quantitative estimate of drug-likeness (QED) is 0.486. The van der Waals surface area contributed by atoms with Crippen molar-refractivity contribution < 1.29 is 4.79 Å². The lowest BCUT2D eigenvalue weighted by atomic mass is 10.0. The second kappa shape index (κ2) is 8.24. The van der Waals surface area contributed by atoms with E-state index in [0.717, 1.165) is 28.8 Å². The van der Waals surface area contributed by atoms with E-state index in [4.69, 9.17) is 0 Å². The van der Waals surface area contributed by atoms with Crippen LogP contribution in [-0.4, -0.2) is 15.5 Å². The number of hydrogen-bond donors (Lipinski definition) is 1. The summed E-state index contributed by atoms with van der Waals surface area (Å²) in [6, 6.07) is 15.1. The van der Waals surface area contributed by atoms with E-state index >= 15 is 0 Å². The third-order valence-electron chi connectivity index (χ3n) is 5.39. The molecule has 0 fully saturated rings. The number of nitrogens with one attached hydrogen (secondary N) is 1. The van der Waals surface area contributed by atoms with Gasteiger partial charge in [-0.3, -0.25) is 14.2 Å². The Morgan fingerprint density at radius 3 is 2.60 bits per heavy atom. The van der Waals surface area contributed by atoms with Crippen LogP contribution < -0.4 is 10.9 Å². The molecule has 0 spiro atoms. The summed E-state index contributed by atoms with van der Waals surface area (Å²) in [5.74, 6) is -0.253. The number of fused-ring (bicyclic) bond motifs is 1. The van der Waals surface area contributed by atoms with Crippen molar-refractivity contribution in [2.45, 2.75) is 33.2 Å². The van der Waals surface area contributed by atoms with E-state index in [-0.39, 0.29) is 11.5 Å². The molecule has 0 aliphatic rings. The summed E-state index contributed by atoms with van der Waals surface area (Å²) < 4.78 is 1.41. The molecule has 0 saturated carbocycles. The number of aryl methyl sites for hydroxylation is 2. The van der Waals surface area contributed by atoms with E-state index < -0.39 is 6.04 Å². The lowest BCUT2D eigenvalue weighted by Gasteiger charge is -2.16. The fourth-order valence-corrected chi connectivity index (χ4v) is 4.34. The van der Waals surface area contributed by atoms with Crippen LogP contribution in [0.4, 0.5) is 5.69 Å². The Bertz CT molecular complexity index is 1270. The molecule has 30 heavy (non-hydrogen) atoms. The van der Waals surface area contributed by atoms with Crippen molar-refractivity contribution in [1.29, 1.82) is 0 Å². The fourth-order valence-electron chi connectivity index (χ4n) is 3.43.